The van der Waals surface area contributed by atoms with E-state index in [-0.39, 0.29) is 0 Å². The van der Waals surface area contributed by atoms with Crippen molar-refractivity contribution >= 4 is 0 Å². The molecule has 1 aliphatic carbocycles. The summed E-state index contributed by atoms with van der Waals surface area (Å²) >= 11 is 0. The first-order valence-electron chi connectivity index (χ1n) is 6.71. The minimum absolute atomic E-state index is 0.713. The van der Waals surface area contributed by atoms with Gasteiger partial charge in [-0.2, -0.15) is 0 Å². The van der Waals surface area contributed by atoms with E-state index in [4.69, 9.17) is 0 Å². The molecule has 0 amide bonds. The first-order valence-corrected chi connectivity index (χ1v) is 6.71. The van der Waals surface area contributed by atoms with E-state index in [2.05, 4.69) is 31.1 Å². The zero-order chi connectivity index (χ0) is 11.1. The molecule has 90 valence electrons. The van der Waals surface area contributed by atoms with E-state index >= 15 is 0 Å². The predicted octanol–water partition coefficient (Wildman–Crippen LogP) is 2.50. The summed E-state index contributed by atoms with van der Waals surface area (Å²) in [6.45, 7) is 8.12. The lowest BCUT2D eigenvalue weighted by Gasteiger charge is -2.33. The fourth-order valence-electron chi connectivity index (χ4n) is 2.77. The van der Waals surface area contributed by atoms with Gasteiger partial charge in [0.2, 0.25) is 0 Å². The highest BCUT2D eigenvalue weighted by Gasteiger charge is 2.23. The third kappa shape index (κ3) is 4.12. The van der Waals surface area contributed by atoms with Gasteiger partial charge in [0.05, 0.1) is 0 Å². The number of hydrogen-bond acceptors (Lipinski definition) is 2. The minimum atomic E-state index is 0.713. The Labute approximate surface area is 95.4 Å². The Kier molecular flexibility index (Phi) is 6.26. The second-order valence-corrected chi connectivity index (χ2v) is 4.78. The van der Waals surface area contributed by atoms with Crippen LogP contribution in [0.15, 0.2) is 0 Å². The van der Waals surface area contributed by atoms with Crippen LogP contribution in [0.2, 0.25) is 0 Å². The van der Waals surface area contributed by atoms with Crippen LogP contribution in [0.1, 0.15) is 46.0 Å². The van der Waals surface area contributed by atoms with Gasteiger partial charge in [-0.05, 0) is 38.9 Å². The van der Waals surface area contributed by atoms with Crippen molar-refractivity contribution in [3.63, 3.8) is 0 Å². The summed E-state index contributed by atoms with van der Waals surface area (Å²) in [5, 5.41) is 3.53. The van der Waals surface area contributed by atoms with E-state index in [0.717, 1.165) is 5.92 Å². The summed E-state index contributed by atoms with van der Waals surface area (Å²) in [6, 6.07) is 0.713. The van der Waals surface area contributed by atoms with Crippen molar-refractivity contribution in [3.05, 3.63) is 0 Å². The molecule has 1 saturated carbocycles. The normalized spacial score (nSPS) is 20.8. The molecular weight excluding hydrogens is 184 g/mol. The van der Waals surface area contributed by atoms with Crippen LogP contribution in [-0.4, -0.2) is 37.6 Å². The predicted molar refractivity (Wildman–Crippen MR) is 67.2 cm³/mol. The third-order valence-electron chi connectivity index (χ3n) is 3.94. The molecule has 0 heterocycles. The van der Waals surface area contributed by atoms with E-state index in [0.29, 0.717) is 6.04 Å². The topological polar surface area (TPSA) is 15.3 Å². The highest BCUT2D eigenvalue weighted by molar-refractivity contribution is 4.80. The first kappa shape index (κ1) is 13.0. The summed E-state index contributed by atoms with van der Waals surface area (Å²) in [7, 11) is 2.13. The number of likely N-dealkylation sites (N-methyl/N-ethyl adjacent to an activating group) is 2. The molecule has 15 heavy (non-hydrogen) atoms. The lowest BCUT2D eigenvalue weighted by Crippen LogP contribution is -2.44. The average Bonchev–Trinajstić information content (AvgIpc) is 2.32. The second-order valence-electron chi connectivity index (χ2n) is 4.78. The summed E-state index contributed by atoms with van der Waals surface area (Å²) in [5.74, 6) is 0.921. The Balaban J connectivity index is 2.38. The van der Waals surface area contributed by atoms with Gasteiger partial charge in [-0.25, -0.2) is 0 Å². The molecule has 1 rings (SSSR count). The van der Waals surface area contributed by atoms with Crippen molar-refractivity contribution in [2.24, 2.45) is 5.92 Å². The summed E-state index contributed by atoms with van der Waals surface area (Å²) in [5.41, 5.74) is 0. The molecular formula is C13H28N2. The lowest BCUT2D eigenvalue weighted by molar-refractivity contribution is 0.200. The highest BCUT2D eigenvalue weighted by Crippen LogP contribution is 2.26. The molecule has 0 radical (unpaired) electrons. The monoisotopic (exact) mass is 212 g/mol. The average molecular weight is 212 g/mol. The second kappa shape index (κ2) is 7.24. The molecule has 2 nitrogen and oxygen atoms in total. The number of hydrogen-bond donors (Lipinski definition) is 1. The Hall–Kier alpha value is -0.0800. The van der Waals surface area contributed by atoms with Gasteiger partial charge in [-0.3, -0.25) is 0 Å². The quantitative estimate of drug-likeness (QED) is 0.728. The van der Waals surface area contributed by atoms with Crippen LogP contribution in [0.5, 0.6) is 0 Å². The van der Waals surface area contributed by atoms with Crippen LogP contribution >= 0.6 is 0 Å². The van der Waals surface area contributed by atoms with E-state index < -0.39 is 0 Å². The summed E-state index contributed by atoms with van der Waals surface area (Å²) in [6.07, 6.45) is 7.22. The Morgan fingerprint density at radius 1 is 1.13 bits per heavy atom. The standard InChI is InChI=1S/C13H28N2/c1-4-15(5-2)11-13(14-3)12-9-7-6-8-10-12/h12-14H,4-11H2,1-3H3. The Bertz CT molecular complexity index is 149. The molecule has 0 bridgehead atoms. The van der Waals surface area contributed by atoms with Gasteiger partial charge >= 0.3 is 0 Å². The van der Waals surface area contributed by atoms with Crippen molar-refractivity contribution < 1.29 is 0 Å². The Morgan fingerprint density at radius 3 is 2.20 bits per heavy atom. The van der Waals surface area contributed by atoms with Crippen LogP contribution in [0, 0.1) is 5.92 Å². The summed E-state index contributed by atoms with van der Waals surface area (Å²) in [4.78, 5) is 2.54. The maximum atomic E-state index is 3.53. The molecule has 1 unspecified atom stereocenters. The molecule has 0 aliphatic heterocycles. The molecule has 0 aromatic heterocycles. The number of nitrogens with zero attached hydrogens (tertiary/aromatic N) is 1. The third-order valence-corrected chi connectivity index (χ3v) is 3.94. The molecule has 0 aromatic rings. The minimum Gasteiger partial charge on any atom is -0.315 e. The summed E-state index contributed by atoms with van der Waals surface area (Å²) < 4.78 is 0. The number of rotatable bonds is 6. The molecule has 0 spiro atoms. The van der Waals surface area contributed by atoms with E-state index in [1.54, 1.807) is 0 Å². The van der Waals surface area contributed by atoms with Gasteiger partial charge in [0.15, 0.2) is 0 Å². The van der Waals surface area contributed by atoms with Crippen LogP contribution < -0.4 is 5.32 Å². The van der Waals surface area contributed by atoms with Gasteiger partial charge in [0.25, 0.3) is 0 Å². The van der Waals surface area contributed by atoms with Crippen molar-refractivity contribution in [1.82, 2.24) is 10.2 Å². The SMILES string of the molecule is CCN(CC)CC(NC)C1CCCCC1. The van der Waals surface area contributed by atoms with Crippen LogP contribution in [0.25, 0.3) is 0 Å². The number of nitrogens with one attached hydrogen (secondary N) is 1. The van der Waals surface area contributed by atoms with Crippen LogP contribution in [-0.2, 0) is 0 Å². The maximum absolute atomic E-state index is 3.53. The van der Waals surface area contributed by atoms with Crippen LogP contribution in [0.3, 0.4) is 0 Å². The van der Waals surface area contributed by atoms with E-state index in [1.165, 1.54) is 51.7 Å². The first-order chi connectivity index (χ1) is 7.31. The molecule has 1 N–H and O–H groups in total. The van der Waals surface area contributed by atoms with E-state index in [9.17, 15) is 0 Å². The largest absolute Gasteiger partial charge is 0.315 e. The van der Waals surface area contributed by atoms with Crippen molar-refractivity contribution in [2.75, 3.05) is 26.7 Å². The van der Waals surface area contributed by atoms with Gasteiger partial charge in [0, 0.05) is 12.6 Å². The van der Waals surface area contributed by atoms with Gasteiger partial charge in [-0.1, -0.05) is 33.1 Å². The zero-order valence-electron chi connectivity index (χ0n) is 10.8. The molecule has 0 aromatic carbocycles. The maximum Gasteiger partial charge on any atom is 0.0220 e. The lowest BCUT2D eigenvalue weighted by atomic mass is 9.83. The van der Waals surface area contributed by atoms with E-state index in [1.807, 2.05) is 0 Å². The molecule has 1 fully saturated rings. The molecule has 0 saturated heterocycles. The fraction of sp³-hybridized carbons (Fsp3) is 1.00. The highest BCUT2D eigenvalue weighted by atomic mass is 15.1. The smallest absolute Gasteiger partial charge is 0.0220 e. The van der Waals surface area contributed by atoms with Gasteiger partial charge in [0.1, 0.15) is 0 Å². The van der Waals surface area contributed by atoms with Crippen molar-refractivity contribution in [3.8, 4) is 0 Å². The van der Waals surface area contributed by atoms with Crippen molar-refractivity contribution in [1.29, 1.82) is 0 Å². The molecule has 1 atom stereocenters. The molecule has 2 heteroatoms. The molecule has 1 aliphatic rings. The van der Waals surface area contributed by atoms with Crippen molar-refractivity contribution in [2.45, 2.75) is 52.0 Å². The van der Waals surface area contributed by atoms with Crippen LogP contribution in [0.4, 0.5) is 0 Å². The van der Waals surface area contributed by atoms with Gasteiger partial charge in [-0.15, -0.1) is 0 Å². The fourth-order valence-corrected chi connectivity index (χ4v) is 2.77. The zero-order valence-corrected chi connectivity index (χ0v) is 10.8. The van der Waals surface area contributed by atoms with Gasteiger partial charge < -0.3 is 10.2 Å². The Morgan fingerprint density at radius 2 is 1.73 bits per heavy atom.